The molecule has 1 unspecified atom stereocenters. The molecule has 6 heteroatoms. The van der Waals surface area contributed by atoms with E-state index in [1.165, 1.54) is 18.2 Å². The van der Waals surface area contributed by atoms with Crippen molar-refractivity contribution in [2.75, 3.05) is 0 Å². The van der Waals surface area contributed by atoms with Crippen molar-refractivity contribution in [3.63, 3.8) is 0 Å². The van der Waals surface area contributed by atoms with Crippen LogP contribution in [0.25, 0.3) is 0 Å². The van der Waals surface area contributed by atoms with Crippen molar-refractivity contribution in [2.45, 2.75) is 13.0 Å². The summed E-state index contributed by atoms with van der Waals surface area (Å²) in [5.74, 6) is -1.51. The molecule has 1 aromatic carbocycles. The first kappa shape index (κ1) is 11.1. The van der Waals surface area contributed by atoms with E-state index in [9.17, 15) is 20.0 Å². The third-order valence-electron chi connectivity index (χ3n) is 1.91. The Kier molecular flexibility index (Phi) is 3.01. The van der Waals surface area contributed by atoms with Gasteiger partial charge in [-0.1, -0.05) is 6.07 Å². The first-order valence-corrected chi connectivity index (χ1v) is 4.09. The van der Waals surface area contributed by atoms with Crippen LogP contribution in [0.1, 0.15) is 17.2 Å². The van der Waals surface area contributed by atoms with Crippen molar-refractivity contribution >= 4 is 11.7 Å². The largest absolute Gasteiger partial charge is 0.479 e. The molecule has 15 heavy (non-hydrogen) atoms. The standard InChI is InChI=1S/C9H9NO5/c1-5-2-3-6(8(11)9(12)13)7(4-5)10(14)15/h2-4,8,11H,1H3,(H,12,13). The van der Waals surface area contributed by atoms with Crippen LogP contribution in [0.5, 0.6) is 0 Å². The Morgan fingerprint density at radius 3 is 2.60 bits per heavy atom. The maximum Gasteiger partial charge on any atom is 0.337 e. The van der Waals surface area contributed by atoms with Gasteiger partial charge in [0, 0.05) is 6.07 Å². The number of hydrogen-bond donors (Lipinski definition) is 2. The first-order valence-electron chi connectivity index (χ1n) is 4.09. The predicted octanol–water partition coefficient (Wildman–Crippen LogP) is 1.02. The lowest BCUT2D eigenvalue weighted by Crippen LogP contribution is -2.12. The number of aryl methyl sites for hydroxylation is 1. The molecule has 1 aromatic rings. The molecule has 80 valence electrons. The highest BCUT2D eigenvalue weighted by molar-refractivity contribution is 5.75. The number of aliphatic hydroxyl groups excluding tert-OH is 1. The summed E-state index contributed by atoms with van der Waals surface area (Å²) in [4.78, 5) is 20.4. The normalized spacial score (nSPS) is 12.1. The van der Waals surface area contributed by atoms with Gasteiger partial charge in [0.15, 0.2) is 6.10 Å². The minimum absolute atomic E-state index is 0.210. The molecule has 0 radical (unpaired) electrons. The summed E-state index contributed by atoms with van der Waals surface area (Å²) in [7, 11) is 0. The summed E-state index contributed by atoms with van der Waals surface area (Å²) < 4.78 is 0. The van der Waals surface area contributed by atoms with Crippen LogP contribution in [0.15, 0.2) is 18.2 Å². The third-order valence-corrected chi connectivity index (χ3v) is 1.91. The Balaban J connectivity index is 3.28. The summed E-state index contributed by atoms with van der Waals surface area (Å²) >= 11 is 0. The van der Waals surface area contributed by atoms with Gasteiger partial charge in [0.05, 0.1) is 10.5 Å². The van der Waals surface area contributed by atoms with Crippen molar-refractivity contribution in [2.24, 2.45) is 0 Å². The SMILES string of the molecule is Cc1ccc(C(O)C(=O)O)c([N+](=O)[O-])c1. The molecule has 0 aromatic heterocycles. The molecule has 0 saturated heterocycles. The maximum atomic E-state index is 10.6. The second kappa shape index (κ2) is 4.05. The lowest BCUT2D eigenvalue weighted by molar-refractivity contribution is -0.386. The van der Waals surface area contributed by atoms with E-state index in [1.807, 2.05) is 0 Å². The van der Waals surface area contributed by atoms with Crippen LogP contribution in [0.3, 0.4) is 0 Å². The first-order chi connectivity index (χ1) is 6.93. The van der Waals surface area contributed by atoms with Crippen LogP contribution in [-0.4, -0.2) is 21.1 Å². The molecule has 0 aliphatic rings. The molecule has 0 fully saturated rings. The number of rotatable bonds is 3. The maximum absolute atomic E-state index is 10.6. The van der Waals surface area contributed by atoms with E-state index < -0.39 is 17.0 Å². The van der Waals surface area contributed by atoms with Gasteiger partial charge in [-0.3, -0.25) is 10.1 Å². The second-order valence-electron chi connectivity index (χ2n) is 3.06. The van der Waals surface area contributed by atoms with Crippen LogP contribution in [0, 0.1) is 17.0 Å². The van der Waals surface area contributed by atoms with Crippen molar-refractivity contribution in [1.29, 1.82) is 0 Å². The van der Waals surface area contributed by atoms with Gasteiger partial charge in [0.2, 0.25) is 0 Å². The van der Waals surface area contributed by atoms with E-state index in [-0.39, 0.29) is 11.3 Å². The van der Waals surface area contributed by atoms with Crippen molar-refractivity contribution in [3.8, 4) is 0 Å². The van der Waals surface area contributed by atoms with Crippen LogP contribution in [0.2, 0.25) is 0 Å². The molecule has 0 aliphatic heterocycles. The number of aliphatic hydroxyl groups is 1. The average molecular weight is 211 g/mol. The number of carboxylic acid groups (broad SMARTS) is 1. The fraction of sp³-hybridized carbons (Fsp3) is 0.222. The Labute approximate surface area is 84.9 Å². The summed E-state index contributed by atoms with van der Waals surface area (Å²) in [6, 6.07) is 3.97. The van der Waals surface area contributed by atoms with Gasteiger partial charge < -0.3 is 10.2 Å². The third kappa shape index (κ3) is 2.29. The highest BCUT2D eigenvalue weighted by atomic mass is 16.6. The topological polar surface area (TPSA) is 101 Å². The molecule has 0 heterocycles. The number of nitrogens with zero attached hydrogens (tertiary/aromatic N) is 1. The summed E-state index contributed by atoms with van der Waals surface area (Å²) in [5.41, 5.74) is 0.0334. The van der Waals surface area contributed by atoms with Gasteiger partial charge >= 0.3 is 5.97 Å². The summed E-state index contributed by atoms with van der Waals surface area (Å²) in [6.45, 7) is 1.64. The number of nitro groups is 1. The smallest absolute Gasteiger partial charge is 0.337 e. The molecular weight excluding hydrogens is 202 g/mol. The van der Waals surface area contributed by atoms with Gasteiger partial charge in [0.1, 0.15) is 0 Å². The fourth-order valence-electron chi connectivity index (χ4n) is 1.18. The molecular formula is C9H9NO5. The summed E-state index contributed by atoms with van der Waals surface area (Å²) in [5, 5.41) is 28.4. The van der Waals surface area contributed by atoms with E-state index in [0.29, 0.717) is 5.56 Å². The van der Waals surface area contributed by atoms with Gasteiger partial charge in [-0.2, -0.15) is 0 Å². The molecule has 0 spiro atoms. The number of aliphatic carboxylic acids is 1. The molecule has 6 nitrogen and oxygen atoms in total. The average Bonchev–Trinajstić information content (AvgIpc) is 2.16. The number of nitro benzene ring substituents is 1. The zero-order valence-electron chi connectivity index (χ0n) is 7.88. The van der Waals surface area contributed by atoms with Crippen LogP contribution < -0.4 is 0 Å². The zero-order valence-corrected chi connectivity index (χ0v) is 7.88. The predicted molar refractivity (Wildman–Crippen MR) is 50.4 cm³/mol. The van der Waals surface area contributed by atoms with Crippen molar-refractivity contribution in [3.05, 3.63) is 39.4 Å². The monoisotopic (exact) mass is 211 g/mol. The van der Waals surface area contributed by atoms with Crippen LogP contribution >= 0.6 is 0 Å². The highest BCUT2D eigenvalue weighted by Gasteiger charge is 2.25. The Bertz CT molecular complexity index is 415. The number of hydrogen-bond acceptors (Lipinski definition) is 4. The van der Waals surface area contributed by atoms with Gasteiger partial charge in [-0.25, -0.2) is 4.79 Å². The van der Waals surface area contributed by atoms with Gasteiger partial charge in [-0.15, -0.1) is 0 Å². The molecule has 0 amide bonds. The van der Waals surface area contributed by atoms with Crippen molar-refractivity contribution < 1.29 is 19.9 Å². The fourth-order valence-corrected chi connectivity index (χ4v) is 1.18. The number of benzene rings is 1. The Hall–Kier alpha value is -1.95. The minimum Gasteiger partial charge on any atom is -0.479 e. The van der Waals surface area contributed by atoms with E-state index in [0.717, 1.165) is 0 Å². The lowest BCUT2D eigenvalue weighted by Gasteiger charge is -2.06. The molecule has 0 bridgehead atoms. The Morgan fingerprint density at radius 2 is 2.13 bits per heavy atom. The van der Waals surface area contributed by atoms with Crippen LogP contribution in [-0.2, 0) is 4.79 Å². The zero-order chi connectivity index (χ0) is 11.6. The van der Waals surface area contributed by atoms with E-state index in [1.54, 1.807) is 6.92 Å². The molecule has 2 N–H and O–H groups in total. The minimum atomic E-state index is -1.87. The molecule has 0 saturated carbocycles. The second-order valence-corrected chi connectivity index (χ2v) is 3.06. The number of carbonyl (C=O) groups is 1. The lowest BCUT2D eigenvalue weighted by atomic mass is 10.1. The van der Waals surface area contributed by atoms with E-state index in [4.69, 9.17) is 5.11 Å². The molecule has 0 aliphatic carbocycles. The van der Waals surface area contributed by atoms with Crippen LogP contribution in [0.4, 0.5) is 5.69 Å². The van der Waals surface area contributed by atoms with E-state index >= 15 is 0 Å². The summed E-state index contributed by atoms with van der Waals surface area (Å²) in [6.07, 6.45) is -1.87. The highest BCUT2D eigenvalue weighted by Crippen LogP contribution is 2.26. The van der Waals surface area contributed by atoms with E-state index in [2.05, 4.69) is 0 Å². The Morgan fingerprint density at radius 1 is 1.53 bits per heavy atom. The van der Waals surface area contributed by atoms with Gasteiger partial charge in [-0.05, 0) is 18.6 Å². The molecule has 1 atom stereocenters. The molecule has 1 rings (SSSR count). The quantitative estimate of drug-likeness (QED) is 0.574. The van der Waals surface area contributed by atoms with Gasteiger partial charge in [0.25, 0.3) is 5.69 Å². The number of carboxylic acids is 1. The van der Waals surface area contributed by atoms with Crippen molar-refractivity contribution in [1.82, 2.24) is 0 Å².